The quantitative estimate of drug-likeness (QED) is 0.846. The Morgan fingerprint density at radius 3 is 2.88 bits per heavy atom. The second kappa shape index (κ2) is 3.86. The average Bonchev–Trinajstić information content (AvgIpc) is 2.98. The predicted octanol–water partition coefficient (Wildman–Crippen LogP) is 3.70. The minimum absolute atomic E-state index is 0.560. The summed E-state index contributed by atoms with van der Waals surface area (Å²) in [5, 5.41) is 8.82. The Bertz CT molecular complexity index is 534. The Morgan fingerprint density at radius 2 is 2.19 bits per heavy atom. The number of aromatic nitrogens is 3. The fourth-order valence-corrected chi connectivity index (χ4v) is 2.48. The van der Waals surface area contributed by atoms with Gasteiger partial charge in [-0.05, 0) is 31.0 Å². The smallest absolute Gasteiger partial charge is 0.165 e. The first kappa shape index (κ1) is 10.3. The third kappa shape index (κ3) is 1.76. The summed E-state index contributed by atoms with van der Waals surface area (Å²) in [5.74, 6) is 0.861. The fraction of sp³-hybridized carbons (Fsp3) is 0.273. The van der Waals surface area contributed by atoms with Gasteiger partial charge in [-0.1, -0.05) is 27.5 Å². The third-order valence-electron chi connectivity index (χ3n) is 2.69. The van der Waals surface area contributed by atoms with Gasteiger partial charge in [0.15, 0.2) is 5.82 Å². The molecule has 16 heavy (non-hydrogen) atoms. The van der Waals surface area contributed by atoms with Crippen LogP contribution in [0.2, 0.25) is 5.02 Å². The molecule has 0 N–H and O–H groups in total. The first-order chi connectivity index (χ1) is 7.75. The molecule has 3 nitrogen and oxygen atoms in total. The maximum absolute atomic E-state index is 6.21. The van der Waals surface area contributed by atoms with Gasteiger partial charge in [0.25, 0.3) is 0 Å². The van der Waals surface area contributed by atoms with E-state index in [2.05, 4.69) is 30.7 Å². The van der Waals surface area contributed by atoms with Gasteiger partial charge in [0.1, 0.15) is 6.33 Å². The topological polar surface area (TPSA) is 30.7 Å². The maximum atomic E-state index is 6.21. The van der Waals surface area contributed by atoms with Crippen LogP contribution in [0, 0.1) is 0 Å². The molecule has 0 unspecified atom stereocenters. The molecular formula is C11H9BrClN3. The Labute approximate surface area is 107 Å². The van der Waals surface area contributed by atoms with Crippen molar-refractivity contribution in [3.05, 3.63) is 34.0 Å². The zero-order valence-electron chi connectivity index (χ0n) is 8.40. The molecule has 0 aliphatic heterocycles. The summed E-state index contributed by atoms with van der Waals surface area (Å²) in [6.45, 7) is 0. The molecule has 0 spiro atoms. The molecule has 1 fully saturated rings. The molecule has 5 heteroatoms. The Hall–Kier alpha value is -0.870. The largest absolute Gasteiger partial charge is 0.310 e. The van der Waals surface area contributed by atoms with Gasteiger partial charge in [-0.3, -0.25) is 0 Å². The van der Waals surface area contributed by atoms with Crippen molar-refractivity contribution in [1.29, 1.82) is 0 Å². The van der Waals surface area contributed by atoms with E-state index in [0.717, 1.165) is 15.9 Å². The second-order valence-electron chi connectivity index (χ2n) is 3.92. The summed E-state index contributed by atoms with van der Waals surface area (Å²) in [6.07, 6.45) is 4.20. The molecule has 2 aromatic rings. The number of rotatable bonds is 2. The van der Waals surface area contributed by atoms with E-state index in [1.54, 1.807) is 6.33 Å². The van der Waals surface area contributed by atoms with Gasteiger partial charge in [-0.2, -0.15) is 0 Å². The summed E-state index contributed by atoms with van der Waals surface area (Å²) >= 11 is 9.60. The molecule has 1 aromatic carbocycles. The van der Waals surface area contributed by atoms with Gasteiger partial charge in [-0.15, -0.1) is 10.2 Å². The monoisotopic (exact) mass is 297 g/mol. The lowest BCUT2D eigenvalue weighted by Crippen LogP contribution is -1.96. The summed E-state index contributed by atoms with van der Waals surface area (Å²) in [4.78, 5) is 0. The molecule has 1 saturated carbocycles. The van der Waals surface area contributed by atoms with E-state index >= 15 is 0 Å². The SMILES string of the molecule is Clc1cc(Br)ccc1-c1nncn1C1CC1. The summed E-state index contributed by atoms with van der Waals surface area (Å²) < 4.78 is 3.08. The number of benzene rings is 1. The standard InChI is InChI=1S/C11H9BrClN3/c12-7-1-4-9(10(13)5-7)11-15-14-6-16(11)8-2-3-8/h1,4-6,8H,2-3H2. The summed E-state index contributed by atoms with van der Waals surface area (Å²) in [5.41, 5.74) is 0.939. The molecular weight excluding hydrogens is 289 g/mol. The van der Waals surface area contributed by atoms with E-state index < -0.39 is 0 Å². The van der Waals surface area contributed by atoms with Crippen LogP contribution in [0.1, 0.15) is 18.9 Å². The lowest BCUT2D eigenvalue weighted by Gasteiger charge is -2.06. The predicted molar refractivity (Wildman–Crippen MR) is 66.4 cm³/mol. The first-order valence-corrected chi connectivity index (χ1v) is 6.28. The van der Waals surface area contributed by atoms with E-state index in [0.29, 0.717) is 11.1 Å². The lowest BCUT2D eigenvalue weighted by atomic mass is 10.2. The Balaban J connectivity index is 2.10. The molecule has 1 aromatic heterocycles. The highest BCUT2D eigenvalue weighted by Gasteiger charge is 2.27. The van der Waals surface area contributed by atoms with Gasteiger partial charge < -0.3 is 4.57 Å². The molecule has 0 radical (unpaired) electrons. The van der Waals surface area contributed by atoms with Crippen LogP contribution in [0.15, 0.2) is 29.0 Å². The Kier molecular flexibility index (Phi) is 2.48. The Morgan fingerprint density at radius 1 is 1.38 bits per heavy atom. The van der Waals surface area contributed by atoms with Crippen molar-refractivity contribution in [2.45, 2.75) is 18.9 Å². The molecule has 82 valence electrons. The van der Waals surface area contributed by atoms with E-state index in [-0.39, 0.29) is 0 Å². The van der Waals surface area contributed by atoms with Crippen LogP contribution in [-0.4, -0.2) is 14.8 Å². The molecule has 3 rings (SSSR count). The summed E-state index contributed by atoms with van der Waals surface area (Å²) in [6, 6.07) is 6.37. The molecule has 0 bridgehead atoms. The summed E-state index contributed by atoms with van der Waals surface area (Å²) in [7, 11) is 0. The van der Waals surface area contributed by atoms with Crippen LogP contribution < -0.4 is 0 Å². The third-order valence-corrected chi connectivity index (χ3v) is 3.49. The molecule has 1 heterocycles. The number of hydrogen-bond acceptors (Lipinski definition) is 2. The zero-order valence-corrected chi connectivity index (χ0v) is 10.7. The normalized spacial score (nSPS) is 15.4. The van der Waals surface area contributed by atoms with E-state index in [9.17, 15) is 0 Å². The van der Waals surface area contributed by atoms with Crippen molar-refractivity contribution in [3.63, 3.8) is 0 Å². The van der Waals surface area contributed by atoms with Crippen molar-refractivity contribution in [3.8, 4) is 11.4 Å². The van der Waals surface area contributed by atoms with Gasteiger partial charge >= 0.3 is 0 Å². The van der Waals surface area contributed by atoms with Gasteiger partial charge in [0, 0.05) is 16.1 Å². The molecule has 1 aliphatic rings. The van der Waals surface area contributed by atoms with Gasteiger partial charge in [0.05, 0.1) is 5.02 Å². The van der Waals surface area contributed by atoms with Crippen LogP contribution >= 0.6 is 27.5 Å². The fourth-order valence-electron chi connectivity index (χ4n) is 1.73. The second-order valence-corrected chi connectivity index (χ2v) is 5.24. The maximum Gasteiger partial charge on any atom is 0.165 e. The van der Waals surface area contributed by atoms with Crippen molar-refractivity contribution in [2.24, 2.45) is 0 Å². The highest BCUT2D eigenvalue weighted by molar-refractivity contribution is 9.10. The highest BCUT2D eigenvalue weighted by Crippen LogP contribution is 2.39. The van der Waals surface area contributed by atoms with Gasteiger partial charge in [0.2, 0.25) is 0 Å². The minimum Gasteiger partial charge on any atom is -0.310 e. The van der Waals surface area contributed by atoms with E-state index in [1.165, 1.54) is 12.8 Å². The molecule has 0 saturated heterocycles. The van der Waals surface area contributed by atoms with Crippen LogP contribution in [0.4, 0.5) is 0 Å². The van der Waals surface area contributed by atoms with Crippen molar-refractivity contribution in [2.75, 3.05) is 0 Å². The van der Waals surface area contributed by atoms with Crippen molar-refractivity contribution < 1.29 is 0 Å². The van der Waals surface area contributed by atoms with Crippen LogP contribution in [-0.2, 0) is 0 Å². The molecule has 1 aliphatic carbocycles. The van der Waals surface area contributed by atoms with Crippen LogP contribution in [0.5, 0.6) is 0 Å². The first-order valence-electron chi connectivity index (χ1n) is 5.10. The number of halogens is 2. The number of hydrogen-bond donors (Lipinski definition) is 0. The highest BCUT2D eigenvalue weighted by atomic mass is 79.9. The minimum atomic E-state index is 0.560. The number of nitrogens with zero attached hydrogens (tertiary/aromatic N) is 3. The molecule has 0 atom stereocenters. The van der Waals surface area contributed by atoms with Crippen LogP contribution in [0.25, 0.3) is 11.4 Å². The van der Waals surface area contributed by atoms with Crippen molar-refractivity contribution >= 4 is 27.5 Å². The van der Waals surface area contributed by atoms with E-state index in [4.69, 9.17) is 11.6 Å². The lowest BCUT2D eigenvalue weighted by molar-refractivity contribution is 0.746. The van der Waals surface area contributed by atoms with E-state index in [1.807, 2.05) is 18.2 Å². The average molecular weight is 299 g/mol. The molecule has 0 amide bonds. The zero-order chi connectivity index (χ0) is 11.1. The van der Waals surface area contributed by atoms with Crippen LogP contribution in [0.3, 0.4) is 0 Å². The van der Waals surface area contributed by atoms with Crippen molar-refractivity contribution in [1.82, 2.24) is 14.8 Å². The van der Waals surface area contributed by atoms with Gasteiger partial charge in [-0.25, -0.2) is 0 Å².